The molecule has 0 aliphatic rings. The predicted molar refractivity (Wildman–Crippen MR) is 131 cm³/mol. The van der Waals surface area contributed by atoms with Crippen molar-refractivity contribution in [3.05, 3.63) is 64.7 Å². The van der Waals surface area contributed by atoms with Crippen LogP contribution >= 0.6 is 0 Å². The van der Waals surface area contributed by atoms with Crippen LogP contribution in [0.2, 0.25) is 0 Å². The highest BCUT2D eigenvalue weighted by atomic mass is 16.7. The summed E-state index contributed by atoms with van der Waals surface area (Å²) < 4.78 is 11.1. The van der Waals surface area contributed by atoms with Gasteiger partial charge in [0.05, 0.1) is 0 Å². The Hall–Kier alpha value is -2.75. The standard InChI is InChI=1S/C28H38O4/c1-18(2)21-11-13-22(14-12-21)31-19(3)32-25(29)15-10-20-16-23(27(4,5)6)26(30)24(17-20)28(7,8)9/h10-19,30H,1-9H3/b15-10+. The Morgan fingerprint density at radius 3 is 1.84 bits per heavy atom. The molecule has 0 aromatic heterocycles. The summed E-state index contributed by atoms with van der Waals surface area (Å²) in [4.78, 5) is 12.4. The van der Waals surface area contributed by atoms with Gasteiger partial charge in [0, 0.05) is 24.1 Å². The summed E-state index contributed by atoms with van der Waals surface area (Å²) in [5.41, 5.74) is 3.29. The number of phenolic OH excluding ortho intramolecular Hbond substituents is 1. The molecule has 1 unspecified atom stereocenters. The molecule has 0 spiro atoms. The average molecular weight is 439 g/mol. The molecule has 4 nitrogen and oxygen atoms in total. The van der Waals surface area contributed by atoms with Crippen molar-refractivity contribution in [1.29, 1.82) is 0 Å². The maximum absolute atomic E-state index is 12.4. The van der Waals surface area contributed by atoms with Gasteiger partial charge in [0.1, 0.15) is 11.5 Å². The number of hydrogen-bond acceptors (Lipinski definition) is 4. The van der Waals surface area contributed by atoms with E-state index in [0.717, 1.165) is 16.7 Å². The number of carbonyl (C=O) groups is 1. The molecular formula is C28H38O4. The Morgan fingerprint density at radius 1 is 0.906 bits per heavy atom. The van der Waals surface area contributed by atoms with E-state index >= 15 is 0 Å². The zero-order valence-electron chi connectivity index (χ0n) is 20.9. The van der Waals surface area contributed by atoms with Gasteiger partial charge in [-0.25, -0.2) is 4.79 Å². The molecule has 0 fully saturated rings. The van der Waals surface area contributed by atoms with E-state index in [-0.39, 0.29) is 10.8 Å². The van der Waals surface area contributed by atoms with Crippen molar-refractivity contribution in [2.45, 2.75) is 85.4 Å². The van der Waals surface area contributed by atoms with Gasteiger partial charge < -0.3 is 14.6 Å². The number of ether oxygens (including phenoxy) is 2. The van der Waals surface area contributed by atoms with Gasteiger partial charge in [-0.3, -0.25) is 0 Å². The van der Waals surface area contributed by atoms with Crippen LogP contribution in [-0.2, 0) is 20.4 Å². The molecule has 0 radical (unpaired) electrons. The van der Waals surface area contributed by atoms with E-state index in [9.17, 15) is 9.90 Å². The quantitative estimate of drug-likeness (QED) is 0.297. The first-order valence-electron chi connectivity index (χ1n) is 11.2. The molecule has 0 saturated heterocycles. The number of phenols is 1. The molecule has 0 aliphatic carbocycles. The second kappa shape index (κ2) is 9.81. The Labute approximate surface area is 193 Å². The van der Waals surface area contributed by atoms with Crippen LogP contribution in [0.5, 0.6) is 11.5 Å². The third-order valence-corrected chi connectivity index (χ3v) is 5.29. The minimum absolute atomic E-state index is 0.234. The number of hydrogen-bond donors (Lipinski definition) is 1. The SMILES string of the molecule is CC(OC(=O)/C=C/c1cc(C(C)(C)C)c(O)c(C(C)(C)C)c1)Oc1ccc(C(C)C)cc1. The third kappa shape index (κ3) is 6.88. The van der Waals surface area contributed by atoms with Crippen molar-refractivity contribution in [3.63, 3.8) is 0 Å². The van der Waals surface area contributed by atoms with E-state index < -0.39 is 12.3 Å². The first-order chi connectivity index (χ1) is 14.7. The van der Waals surface area contributed by atoms with Crippen molar-refractivity contribution >= 4 is 12.0 Å². The van der Waals surface area contributed by atoms with Crippen molar-refractivity contribution in [2.75, 3.05) is 0 Å². The molecule has 1 atom stereocenters. The van der Waals surface area contributed by atoms with Gasteiger partial charge in [0.2, 0.25) is 6.29 Å². The Kier molecular flexibility index (Phi) is 7.82. The molecule has 4 heteroatoms. The lowest BCUT2D eigenvalue weighted by Crippen LogP contribution is -2.19. The van der Waals surface area contributed by atoms with Crippen LogP contribution < -0.4 is 4.74 Å². The average Bonchev–Trinajstić information content (AvgIpc) is 2.65. The summed E-state index contributed by atoms with van der Waals surface area (Å²) in [7, 11) is 0. The highest BCUT2D eigenvalue weighted by Crippen LogP contribution is 2.40. The largest absolute Gasteiger partial charge is 0.507 e. The molecule has 2 aromatic rings. The fourth-order valence-electron chi connectivity index (χ4n) is 3.41. The van der Waals surface area contributed by atoms with E-state index in [1.54, 1.807) is 13.0 Å². The van der Waals surface area contributed by atoms with Crippen LogP contribution in [0.25, 0.3) is 6.08 Å². The topological polar surface area (TPSA) is 55.8 Å². The highest BCUT2D eigenvalue weighted by molar-refractivity contribution is 5.87. The van der Waals surface area contributed by atoms with Crippen LogP contribution in [0.4, 0.5) is 0 Å². The van der Waals surface area contributed by atoms with Crippen LogP contribution in [0.15, 0.2) is 42.5 Å². The van der Waals surface area contributed by atoms with Crippen LogP contribution in [0.1, 0.15) is 90.5 Å². The van der Waals surface area contributed by atoms with Gasteiger partial charge >= 0.3 is 5.97 Å². The molecule has 0 aliphatic heterocycles. The number of rotatable bonds is 6. The summed E-state index contributed by atoms with van der Waals surface area (Å²) in [6, 6.07) is 11.6. The summed E-state index contributed by atoms with van der Waals surface area (Å²) in [6.45, 7) is 18.3. The van der Waals surface area contributed by atoms with Gasteiger partial charge in [0.25, 0.3) is 0 Å². The molecule has 0 saturated carbocycles. The molecule has 174 valence electrons. The van der Waals surface area contributed by atoms with Crippen LogP contribution in [0, 0.1) is 0 Å². The van der Waals surface area contributed by atoms with Crippen LogP contribution in [-0.4, -0.2) is 17.4 Å². The second-order valence-electron chi connectivity index (χ2n) is 10.6. The molecular weight excluding hydrogens is 400 g/mol. The minimum Gasteiger partial charge on any atom is -0.507 e. The Balaban J connectivity index is 2.13. The lowest BCUT2D eigenvalue weighted by molar-refractivity contribution is -0.154. The van der Waals surface area contributed by atoms with E-state index in [4.69, 9.17) is 9.47 Å². The number of esters is 1. The molecule has 1 N–H and O–H groups in total. The van der Waals surface area contributed by atoms with Gasteiger partial charge in [-0.1, -0.05) is 67.5 Å². The summed E-state index contributed by atoms with van der Waals surface area (Å²) in [6.07, 6.45) is 2.40. The zero-order chi connectivity index (χ0) is 24.3. The summed E-state index contributed by atoms with van der Waals surface area (Å²) in [5, 5.41) is 10.8. The highest BCUT2D eigenvalue weighted by Gasteiger charge is 2.26. The fourth-order valence-corrected chi connectivity index (χ4v) is 3.41. The second-order valence-corrected chi connectivity index (χ2v) is 10.6. The maximum Gasteiger partial charge on any atom is 0.333 e. The van der Waals surface area contributed by atoms with Gasteiger partial charge in [-0.2, -0.15) is 0 Å². The molecule has 2 rings (SSSR count). The van der Waals surface area contributed by atoms with Crippen LogP contribution in [0.3, 0.4) is 0 Å². The van der Waals surface area contributed by atoms with E-state index in [1.807, 2.05) is 36.4 Å². The zero-order valence-corrected chi connectivity index (χ0v) is 20.9. The van der Waals surface area contributed by atoms with E-state index in [0.29, 0.717) is 17.4 Å². The predicted octanol–water partition coefficient (Wildman–Crippen LogP) is 7.09. The van der Waals surface area contributed by atoms with Gasteiger partial charge in [0.15, 0.2) is 0 Å². The van der Waals surface area contributed by atoms with Crippen molar-refractivity contribution in [3.8, 4) is 11.5 Å². The number of aromatic hydroxyl groups is 1. The Bertz CT molecular complexity index is 919. The van der Waals surface area contributed by atoms with E-state index in [1.165, 1.54) is 11.6 Å². The minimum atomic E-state index is -0.716. The third-order valence-electron chi connectivity index (χ3n) is 5.29. The lowest BCUT2D eigenvalue weighted by atomic mass is 9.78. The first-order valence-corrected chi connectivity index (χ1v) is 11.2. The molecule has 0 amide bonds. The summed E-state index contributed by atoms with van der Waals surface area (Å²) in [5.74, 6) is 0.929. The molecule has 32 heavy (non-hydrogen) atoms. The normalized spacial score (nSPS) is 13.4. The lowest BCUT2D eigenvalue weighted by Gasteiger charge is -2.27. The Morgan fingerprint density at radius 2 is 1.41 bits per heavy atom. The van der Waals surface area contributed by atoms with E-state index in [2.05, 4.69) is 55.4 Å². The molecule has 2 aromatic carbocycles. The molecule has 0 bridgehead atoms. The van der Waals surface area contributed by atoms with Crippen molar-refractivity contribution in [1.82, 2.24) is 0 Å². The first kappa shape index (κ1) is 25.5. The smallest absolute Gasteiger partial charge is 0.333 e. The van der Waals surface area contributed by atoms with Gasteiger partial charge in [-0.15, -0.1) is 0 Å². The molecule has 0 heterocycles. The monoisotopic (exact) mass is 438 g/mol. The van der Waals surface area contributed by atoms with Gasteiger partial charge in [-0.05, 0) is 58.2 Å². The maximum atomic E-state index is 12.4. The van der Waals surface area contributed by atoms with Crippen molar-refractivity contribution < 1.29 is 19.4 Å². The fraction of sp³-hybridized carbons (Fsp3) is 0.464. The summed E-state index contributed by atoms with van der Waals surface area (Å²) >= 11 is 0. The van der Waals surface area contributed by atoms with Crippen molar-refractivity contribution in [2.24, 2.45) is 0 Å². The number of carbonyl (C=O) groups excluding carboxylic acids is 1. The number of benzene rings is 2.